The number of pyridine rings is 1. The molecule has 0 bridgehead atoms. The van der Waals surface area contributed by atoms with Crippen molar-refractivity contribution in [3.05, 3.63) is 142 Å². The van der Waals surface area contributed by atoms with Crippen molar-refractivity contribution in [3.63, 3.8) is 0 Å². The van der Waals surface area contributed by atoms with Gasteiger partial charge in [0.05, 0.1) is 17.6 Å². The maximum Gasteiger partial charge on any atom is 0.275 e. The molecule has 2 N–H and O–H groups in total. The Labute approximate surface area is 212 Å². The van der Waals surface area contributed by atoms with Gasteiger partial charge in [0.15, 0.2) is 0 Å². The molecule has 0 saturated heterocycles. The van der Waals surface area contributed by atoms with Crippen LogP contribution in [0.3, 0.4) is 0 Å². The molecule has 0 aliphatic carbocycles. The number of carbonyl (C=O) groups excluding carboxylic acids is 2. The Balaban J connectivity index is 1.69. The number of nitrogens with one attached hydrogen (secondary N) is 2. The van der Waals surface area contributed by atoms with Crippen LogP contribution < -0.4 is 16.2 Å². The van der Waals surface area contributed by atoms with Crippen molar-refractivity contribution in [1.82, 2.24) is 4.57 Å². The largest absolute Gasteiger partial charge is 0.322 e. The van der Waals surface area contributed by atoms with E-state index in [1.165, 1.54) is 16.7 Å². The number of halogens is 1. The Hall–Kier alpha value is -5.04. The van der Waals surface area contributed by atoms with Crippen molar-refractivity contribution < 1.29 is 14.0 Å². The molecule has 2 amide bonds. The average Bonchev–Trinajstić information content (AvgIpc) is 2.93. The van der Waals surface area contributed by atoms with Crippen molar-refractivity contribution in [2.24, 2.45) is 0 Å². The van der Waals surface area contributed by atoms with Gasteiger partial charge in [-0.15, -0.1) is 0 Å². The zero-order valence-electron chi connectivity index (χ0n) is 19.6. The van der Waals surface area contributed by atoms with Gasteiger partial charge in [-0.3, -0.25) is 14.4 Å². The SMILES string of the molecule is O=C(Nc1c(C(=O)Nc2ccccc2)c2ccccc2n(Cc2ccc(F)cc2)c1=O)c1ccccc1. The molecule has 0 unspecified atom stereocenters. The number of benzene rings is 4. The number of hydrogen-bond acceptors (Lipinski definition) is 3. The van der Waals surface area contributed by atoms with Gasteiger partial charge in [-0.25, -0.2) is 4.39 Å². The first-order chi connectivity index (χ1) is 18.0. The van der Waals surface area contributed by atoms with E-state index >= 15 is 0 Å². The van der Waals surface area contributed by atoms with Crippen molar-refractivity contribution in [3.8, 4) is 0 Å². The Morgan fingerprint density at radius 3 is 2.03 bits per heavy atom. The number of aromatic nitrogens is 1. The fourth-order valence-corrected chi connectivity index (χ4v) is 4.18. The van der Waals surface area contributed by atoms with E-state index in [1.54, 1.807) is 91.0 Å². The smallest absolute Gasteiger partial charge is 0.275 e. The van der Waals surface area contributed by atoms with Crippen LogP contribution in [-0.2, 0) is 6.54 Å². The number of rotatable bonds is 6. The molecule has 0 saturated carbocycles. The van der Waals surface area contributed by atoms with Crippen LogP contribution in [0.4, 0.5) is 15.8 Å². The molecule has 0 fully saturated rings. The summed E-state index contributed by atoms with van der Waals surface area (Å²) in [4.78, 5) is 40.6. The van der Waals surface area contributed by atoms with Gasteiger partial charge in [-0.1, -0.05) is 66.7 Å². The third-order valence-corrected chi connectivity index (χ3v) is 5.96. The topological polar surface area (TPSA) is 80.2 Å². The lowest BCUT2D eigenvalue weighted by Crippen LogP contribution is -2.31. The second-order valence-electron chi connectivity index (χ2n) is 8.43. The standard InChI is InChI=1S/C30H22FN3O3/c31-22-17-15-20(16-18-22)19-34-25-14-8-7-13-24(25)26(29(36)32-23-11-5-2-6-12-23)27(30(34)37)33-28(35)21-9-3-1-4-10-21/h1-18H,19H2,(H,32,36)(H,33,35). The van der Waals surface area contributed by atoms with E-state index in [1.807, 2.05) is 6.07 Å². The summed E-state index contributed by atoms with van der Waals surface area (Å²) in [5, 5.41) is 6.01. The van der Waals surface area contributed by atoms with Crippen molar-refractivity contribution in [1.29, 1.82) is 0 Å². The molecule has 0 aliphatic heterocycles. The quantitative estimate of drug-likeness (QED) is 0.320. The van der Waals surface area contributed by atoms with Crippen LogP contribution in [0.25, 0.3) is 10.9 Å². The second kappa shape index (κ2) is 10.3. The first-order valence-electron chi connectivity index (χ1n) is 11.6. The Bertz CT molecular complexity index is 1650. The molecular formula is C30H22FN3O3. The van der Waals surface area contributed by atoms with Gasteiger partial charge in [-0.2, -0.15) is 0 Å². The highest BCUT2D eigenvalue weighted by molar-refractivity contribution is 6.18. The lowest BCUT2D eigenvalue weighted by atomic mass is 10.0. The minimum absolute atomic E-state index is 0.0593. The maximum absolute atomic E-state index is 13.9. The highest BCUT2D eigenvalue weighted by atomic mass is 19.1. The van der Waals surface area contributed by atoms with Crippen LogP contribution in [0, 0.1) is 5.82 Å². The average molecular weight is 492 g/mol. The molecule has 5 aromatic rings. The molecule has 0 atom stereocenters. The summed E-state index contributed by atoms with van der Waals surface area (Å²) in [5.41, 5.74) is 1.46. The minimum atomic E-state index is -0.550. The molecule has 0 radical (unpaired) electrons. The summed E-state index contributed by atoms with van der Waals surface area (Å²) in [7, 11) is 0. The number of fused-ring (bicyclic) bond motifs is 1. The number of amides is 2. The van der Waals surface area contributed by atoms with Gasteiger partial charge in [0.1, 0.15) is 11.5 Å². The van der Waals surface area contributed by atoms with Crippen LogP contribution in [0.1, 0.15) is 26.3 Å². The molecule has 182 valence electrons. The molecule has 0 aliphatic rings. The van der Waals surface area contributed by atoms with Gasteiger partial charge in [-0.05, 0) is 48.0 Å². The van der Waals surface area contributed by atoms with Crippen molar-refractivity contribution >= 4 is 34.1 Å². The molecule has 37 heavy (non-hydrogen) atoms. The normalized spacial score (nSPS) is 10.7. The van der Waals surface area contributed by atoms with Gasteiger partial charge < -0.3 is 15.2 Å². The molecule has 5 rings (SSSR count). The van der Waals surface area contributed by atoms with Gasteiger partial charge in [0.25, 0.3) is 17.4 Å². The molecule has 0 spiro atoms. The van der Waals surface area contributed by atoms with Crippen LogP contribution in [0.15, 0.2) is 114 Å². The lowest BCUT2D eigenvalue weighted by Gasteiger charge is -2.18. The Kier molecular flexibility index (Phi) is 6.59. The molecule has 1 heterocycles. The monoisotopic (exact) mass is 491 g/mol. The van der Waals surface area contributed by atoms with Gasteiger partial charge in [0, 0.05) is 16.6 Å². The summed E-state index contributed by atoms with van der Waals surface area (Å²) in [5.74, 6) is -1.43. The van der Waals surface area contributed by atoms with Crippen molar-refractivity contribution in [2.75, 3.05) is 10.6 Å². The van der Waals surface area contributed by atoms with E-state index in [0.29, 0.717) is 27.7 Å². The predicted octanol–water partition coefficient (Wildman–Crippen LogP) is 5.69. The first kappa shape index (κ1) is 23.7. The molecule has 4 aromatic carbocycles. The molecule has 7 heteroatoms. The van der Waals surface area contributed by atoms with E-state index in [-0.39, 0.29) is 23.6 Å². The number of anilines is 2. The van der Waals surface area contributed by atoms with E-state index in [0.717, 1.165) is 0 Å². The zero-order chi connectivity index (χ0) is 25.8. The van der Waals surface area contributed by atoms with Gasteiger partial charge >= 0.3 is 0 Å². The number of para-hydroxylation sites is 2. The third kappa shape index (κ3) is 5.01. The fourth-order valence-electron chi connectivity index (χ4n) is 4.18. The minimum Gasteiger partial charge on any atom is -0.322 e. The van der Waals surface area contributed by atoms with E-state index < -0.39 is 17.4 Å². The summed E-state index contributed by atoms with van der Waals surface area (Å²) in [6, 6.07) is 30.1. The summed E-state index contributed by atoms with van der Waals surface area (Å²) in [6.07, 6.45) is 0. The van der Waals surface area contributed by atoms with Crippen LogP contribution in [0.2, 0.25) is 0 Å². The predicted molar refractivity (Wildman–Crippen MR) is 143 cm³/mol. The Morgan fingerprint density at radius 1 is 0.703 bits per heavy atom. The van der Waals surface area contributed by atoms with Gasteiger partial charge in [0.2, 0.25) is 0 Å². The number of hydrogen-bond donors (Lipinski definition) is 2. The molecule has 6 nitrogen and oxygen atoms in total. The van der Waals surface area contributed by atoms with E-state index in [4.69, 9.17) is 0 Å². The molecule has 1 aromatic heterocycles. The van der Waals surface area contributed by atoms with E-state index in [9.17, 15) is 18.8 Å². The van der Waals surface area contributed by atoms with Crippen molar-refractivity contribution in [2.45, 2.75) is 6.54 Å². The highest BCUT2D eigenvalue weighted by Crippen LogP contribution is 2.26. The maximum atomic E-state index is 13.9. The first-order valence-corrected chi connectivity index (χ1v) is 11.6. The third-order valence-electron chi connectivity index (χ3n) is 5.96. The second-order valence-corrected chi connectivity index (χ2v) is 8.43. The number of carbonyl (C=O) groups is 2. The fraction of sp³-hybridized carbons (Fsp3) is 0.0333. The summed E-state index contributed by atoms with van der Waals surface area (Å²) in [6.45, 7) is 0.119. The van der Waals surface area contributed by atoms with Crippen LogP contribution >= 0.6 is 0 Å². The summed E-state index contributed by atoms with van der Waals surface area (Å²) >= 11 is 0. The van der Waals surface area contributed by atoms with Crippen LogP contribution in [0.5, 0.6) is 0 Å². The zero-order valence-corrected chi connectivity index (χ0v) is 19.6. The summed E-state index contributed by atoms with van der Waals surface area (Å²) < 4.78 is 15.0. The van der Waals surface area contributed by atoms with Crippen LogP contribution in [-0.4, -0.2) is 16.4 Å². The molecular weight excluding hydrogens is 469 g/mol. The highest BCUT2D eigenvalue weighted by Gasteiger charge is 2.24. The Morgan fingerprint density at radius 2 is 1.32 bits per heavy atom. The van der Waals surface area contributed by atoms with E-state index in [2.05, 4.69) is 10.6 Å². The lowest BCUT2D eigenvalue weighted by molar-refractivity contribution is 0.102. The number of nitrogens with zero attached hydrogens (tertiary/aromatic N) is 1.